The molecule has 0 radical (unpaired) electrons. The molecule has 0 bridgehead atoms. The van der Waals surface area contributed by atoms with E-state index in [4.69, 9.17) is 0 Å². The molecule has 3 atom stereocenters. The summed E-state index contributed by atoms with van der Waals surface area (Å²) >= 11 is 0. The van der Waals surface area contributed by atoms with Crippen LogP contribution in [0.5, 0.6) is 0 Å². The predicted molar refractivity (Wildman–Crippen MR) is 80.0 cm³/mol. The van der Waals surface area contributed by atoms with Gasteiger partial charge in [-0.15, -0.1) is 0 Å². The van der Waals surface area contributed by atoms with Crippen molar-refractivity contribution in [2.75, 3.05) is 18.4 Å². The molecule has 6 nitrogen and oxygen atoms in total. The lowest BCUT2D eigenvalue weighted by molar-refractivity contribution is -0.114. The predicted octanol–water partition coefficient (Wildman–Crippen LogP) is 1.39. The summed E-state index contributed by atoms with van der Waals surface area (Å²) < 4.78 is 1.94. The number of amides is 1. The lowest BCUT2D eigenvalue weighted by atomic mass is 9.91. The second-order valence-electron chi connectivity index (χ2n) is 6.22. The standard InChI is InChI=1S/C15H24N4O2/c1-11(20)16-15-7-9-19(17-15)12-6-8-18(10-12)13-4-2-3-5-14(13)21/h7,9,12-14,21H,2-6,8,10H2,1H3,(H,16,17,20)/t12-,13-,14+/m1/s1. The molecular formula is C15H24N4O2. The smallest absolute Gasteiger partial charge is 0.222 e. The average Bonchev–Trinajstić information content (AvgIpc) is 3.07. The number of nitrogens with one attached hydrogen (secondary N) is 1. The molecule has 1 saturated heterocycles. The van der Waals surface area contributed by atoms with Crippen LogP contribution < -0.4 is 5.32 Å². The number of nitrogens with zero attached hydrogens (tertiary/aromatic N) is 3. The van der Waals surface area contributed by atoms with E-state index >= 15 is 0 Å². The summed E-state index contributed by atoms with van der Waals surface area (Å²) in [6.45, 7) is 3.44. The Bertz CT molecular complexity index is 502. The number of hydrogen-bond donors (Lipinski definition) is 2. The summed E-state index contributed by atoms with van der Waals surface area (Å²) in [6.07, 6.45) is 7.20. The van der Waals surface area contributed by atoms with Crippen LogP contribution >= 0.6 is 0 Å². The number of anilines is 1. The van der Waals surface area contributed by atoms with E-state index in [1.807, 2.05) is 16.9 Å². The summed E-state index contributed by atoms with van der Waals surface area (Å²) in [5, 5.41) is 17.3. The Kier molecular flexibility index (Phi) is 4.26. The summed E-state index contributed by atoms with van der Waals surface area (Å²) in [5.41, 5.74) is 0. The van der Waals surface area contributed by atoms with E-state index in [1.165, 1.54) is 13.3 Å². The molecule has 1 aliphatic heterocycles. The number of aliphatic hydroxyl groups excluding tert-OH is 1. The molecule has 2 fully saturated rings. The Balaban J connectivity index is 1.61. The van der Waals surface area contributed by atoms with Crippen LogP contribution in [0.2, 0.25) is 0 Å². The first-order valence-corrected chi connectivity index (χ1v) is 7.88. The van der Waals surface area contributed by atoms with Gasteiger partial charge in [-0.2, -0.15) is 5.10 Å². The van der Waals surface area contributed by atoms with Gasteiger partial charge in [0, 0.05) is 38.3 Å². The van der Waals surface area contributed by atoms with Crippen LogP contribution in [0, 0.1) is 0 Å². The van der Waals surface area contributed by atoms with Crippen LogP contribution in [-0.2, 0) is 4.79 Å². The normalized spacial score (nSPS) is 30.5. The van der Waals surface area contributed by atoms with Crippen LogP contribution in [0.15, 0.2) is 12.3 Å². The molecule has 2 heterocycles. The molecule has 116 valence electrons. The van der Waals surface area contributed by atoms with E-state index in [1.54, 1.807) is 0 Å². The molecule has 1 amide bonds. The van der Waals surface area contributed by atoms with Gasteiger partial charge in [0.05, 0.1) is 12.1 Å². The minimum Gasteiger partial charge on any atom is -0.391 e. The fourth-order valence-corrected chi connectivity index (χ4v) is 3.59. The van der Waals surface area contributed by atoms with Crippen molar-refractivity contribution in [1.82, 2.24) is 14.7 Å². The van der Waals surface area contributed by atoms with E-state index < -0.39 is 0 Å². The van der Waals surface area contributed by atoms with Gasteiger partial charge in [-0.25, -0.2) is 0 Å². The third kappa shape index (κ3) is 3.27. The average molecular weight is 292 g/mol. The third-order valence-corrected chi connectivity index (χ3v) is 4.64. The Morgan fingerprint density at radius 1 is 1.38 bits per heavy atom. The van der Waals surface area contributed by atoms with E-state index in [0.717, 1.165) is 38.8 Å². The fraction of sp³-hybridized carbons (Fsp3) is 0.733. The van der Waals surface area contributed by atoms with Crippen molar-refractivity contribution in [2.24, 2.45) is 0 Å². The number of aliphatic hydroxyl groups is 1. The maximum Gasteiger partial charge on any atom is 0.222 e. The van der Waals surface area contributed by atoms with Gasteiger partial charge in [-0.3, -0.25) is 14.4 Å². The Morgan fingerprint density at radius 3 is 2.95 bits per heavy atom. The summed E-state index contributed by atoms with van der Waals surface area (Å²) in [4.78, 5) is 13.5. The lowest BCUT2D eigenvalue weighted by Gasteiger charge is -2.35. The van der Waals surface area contributed by atoms with Crippen molar-refractivity contribution < 1.29 is 9.90 Å². The monoisotopic (exact) mass is 292 g/mol. The molecule has 1 aromatic rings. The first-order chi connectivity index (χ1) is 10.1. The van der Waals surface area contributed by atoms with Crippen LogP contribution in [0.3, 0.4) is 0 Å². The Hall–Kier alpha value is -1.40. The van der Waals surface area contributed by atoms with Crippen molar-refractivity contribution in [3.05, 3.63) is 12.3 Å². The summed E-state index contributed by atoms with van der Waals surface area (Å²) in [5.74, 6) is 0.511. The van der Waals surface area contributed by atoms with Crippen molar-refractivity contribution >= 4 is 11.7 Å². The van der Waals surface area contributed by atoms with Crippen LogP contribution in [0.1, 0.15) is 45.1 Å². The highest BCUT2D eigenvalue weighted by Crippen LogP contribution is 2.30. The molecular weight excluding hydrogens is 268 g/mol. The zero-order valence-corrected chi connectivity index (χ0v) is 12.5. The van der Waals surface area contributed by atoms with Gasteiger partial charge in [0.15, 0.2) is 5.82 Å². The zero-order valence-electron chi connectivity index (χ0n) is 12.5. The maximum atomic E-state index is 11.0. The van der Waals surface area contributed by atoms with Crippen LogP contribution in [0.4, 0.5) is 5.82 Å². The topological polar surface area (TPSA) is 70.4 Å². The highest BCUT2D eigenvalue weighted by atomic mass is 16.3. The van der Waals surface area contributed by atoms with E-state index in [2.05, 4.69) is 15.3 Å². The van der Waals surface area contributed by atoms with Gasteiger partial charge in [-0.1, -0.05) is 12.8 Å². The molecule has 6 heteroatoms. The van der Waals surface area contributed by atoms with Gasteiger partial charge in [0.25, 0.3) is 0 Å². The first-order valence-electron chi connectivity index (χ1n) is 7.88. The third-order valence-electron chi connectivity index (χ3n) is 4.64. The number of aromatic nitrogens is 2. The molecule has 1 saturated carbocycles. The molecule has 21 heavy (non-hydrogen) atoms. The number of rotatable bonds is 3. The van der Waals surface area contributed by atoms with Gasteiger partial charge in [-0.05, 0) is 19.3 Å². The van der Waals surface area contributed by atoms with E-state index in [0.29, 0.717) is 17.9 Å². The summed E-state index contributed by atoms with van der Waals surface area (Å²) in [6, 6.07) is 2.48. The molecule has 2 aliphatic rings. The highest BCUT2D eigenvalue weighted by Gasteiger charge is 2.34. The molecule has 0 unspecified atom stereocenters. The second kappa shape index (κ2) is 6.15. The molecule has 2 N–H and O–H groups in total. The summed E-state index contributed by atoms with van der Waals surface area (Å²) in [7, 11) is 0. The van der Waals surface area contributed by atoms with Gasteiger partial charge < -0.3 is 10.4 Å². The number of carbonyl (C=O) groups is 1. The van der Waals surface area contributed by atoms with Crippen molar-refractivity contribution in [2.45, 2.75) is 57.2 Å². The highest BCUT2D eigenvalue weighted by molar-refractivity contribution is 5.87. The van der Waals surface area contributed by atoms with Crippen molar-refractivity contribution in [1.29, 1.82) is 0 Å². The first kappa shape index (κ1) is 14.5. The number of carbonyl (C=O) groups excluding carboxylic acids is 1. The van der Waals surface area contributed by atoms with Gasteiger partial charge in [0.2, 0.25) is 5.91 Å². The second-order valence-corrected chi connectivity index (χ2v) is 6.22. The SMILES string of the molecule is CC(=O)Nc1ccn([C@@H]2CCN([C@@H]3CCCC[C@@H]3O)C2)n1. The van der Waals surface area contributed by atoms with E-state index in [-0.39, 0.29) is 12.0 Å². The number of likely N-dealkylation sites (tertiary alicyclic amines) is 1. The molecule has 1 aromatic heterocycles. The lowest BCUT2D eigenvalue weighted by Crippen LogP contribution is -2.44. The minimum atomic E-state index is -0.176. The van der Waals surface area contributed by atoms with Gasteiger partial charge >= 0.3 is 0 Å². The maximum absolute atomic E-state index is 11.0. The van der Waals surface area contributed by atoms with Crippen molar-refractivity contribution in [3.8, 4) is 0 Å². The van der Waals surface area contributed by atoms with Crippen molar-refractivity contribution in [3.63, 3.8) is 0 Å². The fourth-order valence-electron chi connectivity index (χ4n) is 3.59. The Morgan fingerprint density at radius 2 is 2.19 bits per heavy atom. The molecule has 0 aromatic carbocycles. The van der Waals surface area contributed by atoms with Gasteiger partial charge in [0.1, 0.15) is 0 Å². The molecule has 1 aliphatic carbocycles. The molecule has 3 rings (SSSR count). The number of hydrogen-bond acceptors (Lipinski definition) is 4. The van der Waals surface area contributed by atoms with Crippen LogP contribution in [0.25, 0.3) is 0 Å². The molecule has 0 spiro atoms. The van der Waals surface area contributed by atoms with E-state index in [9.17, 15) is 9.90 Å². The Labute approximate surface area is 125 Å². The largest absolute Gasteiger partial charge is 0.391 e. The quantitative estimate of drug-likeness (QED) is 0.883. The van der Waals surface area contributed by atoms with Crippen LogP contribution in [-0.4, -0.2) is 50.9 Å². The minimum absolute atomic E-state index is 0.0985. The zero-order chi connectivity index (χ0) is 14.8.